The van der Waals surface area contributed by atoms with Gasteiger partial charge in [0.1, 0.15) is 17.8 Å². The molecule has 0 bridgehead atoms. The summed E-state index contributed by atoms with van der Waals surface area (Å²) in [7, 11) is 2.77. The van der Waals surface area contributed by atoms with Gasteiger partial charge >= 0.3 is 6.09 Å². The van der Waals surface area contributed by atoms with Gasteiger partial charge in [0.05, 0.1) is 24.9 Å². The summed E-state index contributed by atoms with van der Waals surface area (Å²) in [4.78, 5) is 21.6. The van der Waals surface area contributed by atoms with Gasteiger partial charge < -0.3 is 15.0 Å². The van der Waals surface area contributed by atoms with Crippen molar-refractivity contribution >= 4 is 29.0 Å². The van der Waals surface area contributed by atoms with Gasteiger partial charge in [0, 0.05) is 13.1 Å². The third-order valence-corrected chi connectivity index (χ3v) is 4.68. The number of halogens is 1. The molecule has 0 spiro atoms. The van der Waals surface area contributed by atoms with E-state index in [2.05, 4.69) is 19.9 Å². The number of nitrogen functional groups attached to an aromatic ring is 1. The molecule has 2 aromatic heterocycles. The SMILES string of the molecule is COC(=O)N(C)c1cnc(C2=[N+](Cc3ccccc3F)C(c3ccon3)=C2)nc1N. The summed E-state index contributed by atoms with van der Waals surface area (Å²) in [6.45, 7) is 0.244. The molecule has 4 rings (SSSR count). The first kappa shape index (κ1) is 19.2. The number of allylic oxidation sites excluding steroid dienone is 1. The highest BCUT2D eigenvalue weighted by molar-refractivity contribution is 6.11. The molecule has 1 aromatic carbocycles. The quantitative estimate of drug-likeness (QED) is 0.645. The molecule has 152 valence electrons. The van der Waals surface area contributed by atoms with Crippen LogP contribution >= 0.6 is 0 Å². The maximum absolute atomic E-state index is 14.2. The van der Waals surface area contributed by atoms with Gasteiger partial charge in [0.15, 0.2) is 18.1 Å². The molecule has 2 N–H and O–H groups in total. The molecule has 3 aromatic rings. The molecule has 0 radical (unpaired) electrons. The smallest absolute Gasteiger partial charge is 0.413 e. The van der Waals surface area contributed by atoms with Gasteiger partial charge in [-0.15, -0.1) is 0 Å². The lowest BCUT2D eigenvalue weighted by atomic mass is 10.1. The fourth-order valence-corrected chi connectivity index (χ4v) is 3.06. The molecule has 1 aliphatic rings. The number of rotatable bonds is 5. The van der Waals surface area contributed by atoms with Crippen molar-refractivity contribution in [2.75, 3.05) is 24.8 Å². The van der Waals surface area contributed by atoms with Crippen LogP contribution in [0.15, 0.2) is 53.4 Å². The highest BCUT2D eigenvalue weighted by atomic mass is 19.1. The Morgan fingerprint density at radius 1 is 1.33 bits per heavy atom. The van der Waals surface area contributed by atoms with Crippen LogP contribution in [-0.2, 0) is 11.3 Å². The first-order valence-corrected chi connectivity index (χ1v) is 8.94. The second-order valence-electron chi connectivity index (χ2n) is 6.47. The number of benzene rings is 1. The lowest BCUT2D eigenvalue weighted by Gasteiger charge is -2.18. The van der Waals surface area contributed by atoms with E-state index in [1.807, 2.05) is 10.7 Å². The van der Waals surface area contributed by atoms with Crippen LogP contribution in [0.1, 0.15) is 17.1 Å². The molecular weight excluding hydrogens is 391 g/mol. The molecular formula is C20H18FN6O3+. The topological polar surface area (TPSA) is 110 Å². The Kier molecular flexibility index (Phi) is 4.97. The van der Waals surface area contributed by atoms with Gasteiger partial charge in [-0.3, -0.25) is 4.90 Å². The largest absolute Gasteiger partial charge is 0.452 e. The summed E-state index contributed by atoms with van der Waals surface area (Å²) in [6, 6.07) is 8.22. The number of nitrogens with zero attached hydrogens (tertiary/aromatic N) is 5. The first-order valence-electron chi connectivity index (χ1n) is 8.94. The molecule has 3 heterocycles. The van der Waals surface area contributed by atoms with Gasteiger partial charge in [-0.2, -0.15) is 4.58 Å². The van der Waals surface area contributed by atoms with Crippen LogP contribution in [0, 0.1) is 5.82 Å². The van der Waals surface area contributed by atoms with E-state index in [1.165, 1.54) is 37.6 Å². The van der Waals surface area contributed by atoms with E-state index in [1.54, 1.807) is 24.3 Å². The Hall–Kier alpha value is -4.08. The van der Waals surface area contributed by atoms with Crippen molar-refractivity contribution in [1.29, 1.82) is 0 Å². The fraction of sp³-hybridized carbons (Fsp3) is 0.150. The second kappa shape index (κ2) is 7.74. The van der Waals surface area contributed by atoms with Gasteiger partial charge in [-0.1, -0.05) is 17.3 Å². The summed E-state index contributed by atoms with van der Waals surface area (Å²) < 4.78 is 25.7. The monoisotopic (exact) mass is 409 g/mol. The molecule has 10 heteroatoms. The summed E-state index contributed by atoms with van der Waals surface area (Å²) in [5.41, 5.74) is 8.83. The van der Waals surface area contributed by atoms with Crippen LogP contribution < -0.4 is 10.6 Å². The van der Waals surface area contributed by atoms with Crippen molar-refractivity contribution in [2.45, 2.75) is 6.54 Å². The maximum Gasteiger partial charge on any atom is 0.413 e. The lowest BCUT2D eigenvalue weighted by molar-refractivity contribution is -0.458. The number of carbonyl (C=O) groups excluding carboxylic acids is 1. The van der Waals surface area contributed by atoms with Crippen molar-refractivity contribution < 1.29 is 23.0 Å². The Morgan fingerprint density at radius 2 is 2.13 bits per heavy atom. The van der Waals surface area contributed by atoms with Gasteiger partial charge in [-0.05, 0) is 12.1 Å². The number of methoxy groups -OCH3 is 1. The van der Waals surface area contributed by atoms with E-state index in [4.69, 9.17) is 10.3 Å². The second-order valence-corrected chi connectivity index (χ2v) is 6.47. The number of aromatic nitrogens is 3. The number of hydrogen-bond acceptors (Lipinski definition) is 7. The van der Waals surface area contributed by atoms with Crippen molar-refractivity contribution in [2.24, 2.45) is 0 Å². The van der Waals surface area contributed by atoms with E-state index >= 15 is 0 Å². The van der Waals surface area contributed by atoms with Crippen LogP contribution in [0.4, 0.5) is 20.7 Å². The van der Waals surface area contributed by atoms with Crippen molar-refractivity contribution in [3.8, 4) is 0 Å². The standard InChI is InChI=1S/C20H18FN6O3/c1-26(20(28)29-2)17-10-23-19(24-18(17)22)16-9-15(14-7-8-30-25-14)27(16)11-12-5-3-4-6-13(12)21/h3-10H,11H2,1-2H3,(H2,22,23,24)/q+1. The van der Waals surface area contributed by atoms with Crippen molar-refractivity contribution in [3.05, 3.63) is 71.8 Å². The number of ether oxygens (including phenoxy) is 1. The molecule has 0 saturated heterocycles. The predicted octanol–water partition coefficient (Wildman–Crippen LogP) is 2.45. The minimum Gasteiger partial charge on any atom is -0.452 e. The molecule has 0 saturated carbocycles. The minimum atomic E-state index is -0.594. The van der Waals surface area contributed by atoms with Crippen molar-refractivity contribution in [3.63, 3.8) is 0 Å². The maximum atomic E-state index is 14.2. The first-order chi connectivity index (χ1) is 14.5. The normalized spacial score (nSPS) is 13.0. The predicted molar refractivity (Wildman–Crippen MR) is 106 cm³/mol. The van der Waals surface area contributed by atoms with Gasteiger partial charge in [0.25, 0.3) is 5.71 Å². The summed E-state index contributed by atoms with van der Waals surface area (Å²) >= 11 is 0. The Balaban J connectivity index is 1.71. The number of hydrogen-bond donors (Lipinski definition) is 1. The van der Waals surface area contributed by atoms with Crippen LogP contribution in [0.2, 0.25) is 0 Å². The number of amides is 1. The molecule has 0 atom stereocenters. The molecule has 0 fully saturated rings. The Labute approximate surface area is 170 Å². The van der Waals surface area contributed by atoms with Crippen LogP contribution in [-0.4, -0.2) is 45.7 Å². The molecule has 0 aliphatic carbocycles. The molecule has 9 nitrogen and oxygen atoms in total. The summed E-state index contributed by atoms with van der Waals surface area (Å²) in [5, 5.41) is 3.95. The fourth-order valence-electron chi connectivity index (χ4n) is 3.06. The average molecular weight is 409 g/mol. The number of anilines is 2. The Bertz CT molecular complexity index is 1170. The number of nitrogens with two attached hydrogens (primary N) is 1. The molecule has 30 heavy (non-hydrogen) atoms. The summed E-state index contributed by atoms with van der Waals surface area (Å²) in [5.74, 6) is 0.117. The third-order valence-electron chi connectivity index (χ3n) is 4.68. The van der Waals surface area contributed by atoms with Gasteiger partial charge in [0.2, 0.25) is 11.5 Å². The third kappa shape index (κ3) is 3.39. The highest BCUT2D eigenvalue weighted by Gasteiger charge is 2.36. The summed E-state index contributed by atoms with van der Waals surface area (Å²) in [6.07, 6.45) is 4.12. The lowest BCUT2D eigenvalue weighted by Crippen LogP contribution is -2.31. The van der Waals surface area contributed by atoms with E-state index in [0.717, 1.165) is 5.70 Å². The van der Waals surface area contributed by atoms with Crippen LogP contribution in [0.3, 0.4) is 0 Å². The van der Waals surface area contributed by atoms with Gasteiger partial charge in [-0.25, -0.2) is 19.2 Å². The minimum absolute atomic E-state index is 0.106. The molecule has 0 unspecified atom stereocenters. The van der Waals surface area contributed by atoms with E-state index < -0.39 is 6.09 Å². The zero-order chi connectivity index (χ0) is 21.3. The van der Waals surface area contributed by atoms with E-state index in [0.29, 0.717) is 28.5 Å². The zero-order valence-electron chi connectivity index (χ0n) is 16.2. The molecule has 1 amide bonds. The average Bonchev–Trinajstić information content (AvgIpc) is 3.25. The van der Waals surface area contributed by atoms with E-state index in [9.17, 15) is 9.18 Å². The Morgan fingerprint density at radius 3 is 2.80 bits per heavy atom. The van der Waals surface area contributed by atoms with E-state index in [-0.39, 0.29) is 18.2 Å². The number of carbonyl (C=O) groups is 1. The van der Waals surface area contributed by atoms with Crippen LogP contribution in [0.5, 0.6) is 0 Å². The highest BCUT2D eigenvalue weighted by Crippen LogP contribution is 2.27. The van der Waals surface area contributed by atoms with Crippen LogP contribution in [0.25, 0.3) is 5.70 Å². The molecule has 1 aliphatic heterocycles. The zero-order valence-corrected chi connectivity index (χ0v) is 16.2. The van der Waals surface area contributed by atoms with Crippen molar-refractivity contribution in [1.82, 2.24) is 15.1 Å².